The number of halogens is 1. The summed E-state index contributed by atoms with van der Waals surface area (Å²) < 4.78 is 40.1. The molecule has 1 heterocycles. The van der Waals surface area contributed by atoms with Gasteiger partial charge in [-0.05, 0) is 67.5 Å². The van der Waals surface area contributed by atoms with Crippen molar-refractivity contribution in [2.45, 2.75) is 37.5 Å². The number of primary amides is 1. The van der Waals surface area contributed by atoms with E-state index in [1.807, 2.05) is 31.2 Å². The zero-order valence-corrected chi connectivity index (χ0v) is 28.7. The molecule has 0 saturated heterocycles. The van der Waals surface area contributed by atoms with E-state index in [2.05, 4.69) is 64.4 Å². The van der Waals surface area contributed by atoms with Gasteiger partial charge in [-0.1, -0.05) is 76.1 Å². The van der Waals surface area contributed by atoms with Gasteiger partial charge in [0.05, 0.1) is 16.1 Å². The number of aryl methyl sites for hydroxylation is 2. The molecular formula is C35H39BrN4O5S. The van der Waals surface area contributed by atoms with Gasteiger partial charge in [-0.2, -0.15) is 0 Å². The Morgan fingerprint density at radius 3 is 2.07 bits per heavy atom. The average molecular weight is 708 g/mol. The van der Waals surface area contributed by atoms with E-state index in [4.69, 9.17) is 20.0 Å². The summed E-state index contributed by atoms with van der Waals surface area (Å²) in [4.78, 5) is 13.5. The number of nitrogens with zero attached hydrogens (tertiary/aromatic N) is 2. The third-order valence-corrected chi connectivity index (χ3v) is 9.27. The smallest absolute Gasteiger partial charge is 0.268 e. The van der Waals surface area contributed by atoms with Crippen molar-refractivity contribution in [3.8, 4) is 0 Å². The SMILES string of the molecule is C=CC1=CC(OC)C(OC)C=C1N=Cc1cn(S(=O)(=O)c2ccc(C)cc2)c2ccc(Br)cc12.Cc1ccc(CN)cc1.NC=O. The van der Waals surface area contributed by atoms with Crippen LogP contribution in [0.4, 0.5) is 0 Å². The summed E-state index contributed by atoms with van der Waals surface area (Å²) in [5.41, 5.74) is 15.8. The number of carbonyl (C=O) groups excluding carboxylic acids is 1. The number of amides is 1. The summed E-state index contributed by atoms with van der Waals surface area (Å²) in [7, 11) is -0.560. The highest BCUT2D eigenvalue weighted by molar-refractivity contribution is 9.10. The molecule has 0 aliphatic heterocycles. The Balaban J connectivity index is 0.000000405. The van der Waals surface area contributed by atoms with Crippen LogP contribution in [0.3, 0.4) is 0 Å². The lowest BCUT2D eigenvalue weighted by molar-refractivity contribution is -0.106. The van der Waals surface area contributed by atoms with Crippen molar-refractivity contribution >= 4 is 49.5 Å². The minimum atomic E-state index is -3.80. The fourth-order valence-electron chi connectivity index (χ4n) is 4.58. The Morgan fingerprint density at radius 1 is 0.957 bits per heavy atom. The van der Waals surface area contributed by atoms with Gasteiger partial charge < -0.3 is 20.9 Å². The van der Waals surface area contributed by atoms with Crippen molar-refractivity contribution in [2.24, 2.45) is 16.5 Å². The lowest BCUT2D eigenvalue weighted by atomic mass is 9.99. The molecule has 2 atom stereocenters. The number of methoxy groups -OCH3 is 2. The van der Waals surface area contributed by atoms with E-state index in [1.165, 1.54) is 15.1 Å². The third-order valence-electron chi connectivity index (χ3n) is 7.09. The Bertz CT molecular complexity index is 1840. The first-order valence-electron chi connectivity index (χ1n) is 14.2. The molecule has 0 saturated carbocycles. The quantitative estimate of drug-likeness (QED) is 0.171. The Labute approximate surface area is 279 Å². The second kappa shape index (κ2) is 17.0. The monoisotopic (exact) mass is 706 g/mol. The first-order valence-corrected chi connectivity index (χ1v) is 16.5. The number of allylic oxidation sites excluding steroid dienone is 1. The maximum atomic E-state index is 13.5. The summed E-state index contributed by atoms with van der Waals surface area (Å²) in [6, 6.07) is 20.5. The molecule has 46 heavy (non-hydrogen) atoms. The molecule has 1 amide bonds. The summed E-state index contributed by atoms with van der Waals surface area (Å²) in [6.07, 6.45) is 8.48. The molecule has 11 heteroatoms. The lowest BCUT2D eigenvalue weighted by Gasteiger charge is -2.25. The number of hydrogen-bond donors (Lipinski definition) is 2. The van der Waals surface area contributed by atoms with Crippen LogP contribution in [0, 0.1) is 13.8 Å². The van der Waals surface area contributed by atoms with Crippen LogP contribution in [0.1, 0.15) is 22.3 Å². The molecule has 1 aromatic heterocycles. The summed E-state index contributed by atoms with van der Waals surface area (Å²) >= 11 is 3.49. The highest BCUT2D eigenvalue weighted by Gasteiger charge is 2.24. The second-order valence-electron chi connectivity index (χ2n) is 10.2. The summed E-state index contributed by atoms with van der Waals surface area (Å²) in [6.45, 7) is 8.51. The van der Waals surface area contributed by atoms with Gasteiger partial charge in [-0.15, -0.1) is 0 Å². The molecule has 0 spiro atoms. The fraction of sp³-hybridized carbons (Fsp3) is 0.200. The Morgan fingerprint density at radius 2 is 1.52 bits per heavy atom. The predicted molar refractivity (Wildman–Crippen MR) is 188 cm³/mol. The molecule has 0 fully saturated rings. The van der Waals surface area contributed by atoms with Crippen LogP contribution in [-0.4, -0.2) is 51.4 Å². The van der Waals surface area contributed by atoms with Gasteiger partial charge in [0.1, 0.15) is 12.2 Å². The van der Waals surface area contributed by atoms with Crippen LogP contribution in [-0.2, 0) is 30.8 Å². The maximum absolute atomic E-state index is 13.5. The summed E-state index contributed by atoms with van der Waals surface area (Å²) in [5, 5.41) is 0.757. The normalized spacial score (nSPS) is 16.0. The van der Waals surface area contributed by atoms with Crippen LogP contribution in [0.25, 0.3) is 10.9 Å². The number of benzene rings is 3. The third kappa shape index (κ3) is 8.99. The highest BCUT2D eigenvalue weighted by atomic mass is 79.9. The molecule has 4 aromatic rings. The van der Waals surface area contributed by atoms with E-state index in [1.54, 1.807) is 63.0 Å². The molecule has 0 bridgehead atoms. The maximum Gasteiger partial charge on any atom is 0.268 e. The second-order valence-corrected chi connectivity index (χ2v) is 13.0. The molecule has 5 rings (SSSR count). The first-order chi connectivity index (χ1) is 22.0. The molecule has 4 N–H and O–H groups in total. The first kappa shape index (κ1) is 36.3. The highest BCUT2D eigenvalue weighted by Crippen LogP contribution is 2.29. The minimum absolute atomic E-state index is 0.224. The van der Waals surface area contributed by atoms with Crippen molar-refractivity contribution in [1.29, 1.82) is 0 Å². The van der Waals surface area contributed by atoms with Gasteiger partial charge in [0, 0.05) is 48.6 Å². The van der Waals surface area contributed by atoms with Crippen LogP contribution in [0.15, 0.2) is 123 Å². The molecular weight excluding hydrogens is 668 g/mol. The lowest BCUT2D eigenvalue weighted by Crippen LogP contribution is -2.29. The molecule has 0 radical (unpaired) electrons. The van der Waals surface area contributed by atoms with Crippen LogP contribution >= 0.6 is 15.9 Å². The van der Waals surface area contributed by atoms with E-state index in [0.29, 0.717) is 23.3 Å². The number of aromatic nitrogens is 1. The van der Waals surface area contributed by atoms with Crippen molar-refractivity contribution in [2.75, 3.05) is 14.2 Å². The Hall–Kier alpha value is -4.13. The number of carbonyl (C=O) groups is 1. The zero-order valence-electron chi connectivity index (χ0n) is 26.3. The van der Waals surface area contributed by atoms with Crippen molar-refractivity contribution in [3.05, 3.63) is 136 Å². The predicted octanol–water partition coefficient (Wildman–Crippen LogP) is 5.96. The molecule has 9 nitrogen and oxygen atoms in total. The van der Waals surface area contributed by atoms with Gasteiger partial charge in [0.25, 0.3) is 10.0 Å². The number of hydrogen-bond acceptors (Lipinski definition) is 7. The van der Waals surface area contributed by atoms with Crippen LogP contribution < -0.4 is 11.5 Å². The van der Waals surface area contributed by atoms with E-state index in [9.17, 15) is 8.42 Å². The molecule has 3 aromatic carbocycles. The van der Waals surface area contributed by atoms with E-state index in [-0.39, 0.29) is 23.5 Å². The standard InChI is InChI=1S/C26H25BrN2O4S.C8H11N.CH3NO/c1-5-18-12-25(32-3)26(33-4)14-23(18)28-15-19-16-29(24-11-8-20(27)13-22(19)24)34(30,31)21-9-6-17(2)7-10-21;1-7-2-4-8(6-9)5-3-7;2-1-3/h5-16,25-26H,1H2,2-4H3;2-5H,6,9H2,1H3;1H,(H2,2,3). The van der Waals surface area contributed by atoms with Crippen LogP contribution in [0.2, 0.25) is 0 Å². The number of nitrogens with two attached hydrogens (primary N) is 2. The largest absolute Gasteiger partial charge is 0.374 e. The molecule has 242 valence electrons. The summed E-state index contributed by atoms with van der Waals surface area (Å²) in [5.74, 6) is 0. The average Bonchev–Trinajstić information content (AvgIpc) is 3.43. The van der Waals surface area contributed by atoms with Crippen molar-refractivity contribution in [1.82, 2.24) is 3.97 Å². The van der Waals surface area contributed by atoms with Gasteiger partial charge >= 0.3 is 0 Å². The minimum Gasteiger partial charge on any atom is -0.374 e. The molecule has 1 aliphatic rings. The Kier molecular flexibility index (Phi) is 13.4. The zero-order chi connectivity index (χ0) is 33.9. The van der Waals surface area contributed by atoms with Gasteiger partial charge in [0.2, 0.25) is 6.41 Å². The number of aliphatic imine (C=N–C) groups is 1. The van der Waals surface area contributed by atoms with E-state index in [0.717, 1.165) is 21.0 Å². The molecule has 2 unspecified atom stereocenters. The number of rotatable bonds is 8. The number of fused-ring (bicyclic) bond motifs is 1. The topological polar surface area (TPSA) is 139 Å². The fourth-order valence-corrected chi connectivity index (χ4v) is 6.32. The van der Waals surface area contributed by atoms with E-state index >= 15 is 0 Å². The molecule has 1 aliphatic carbocycles. The van der Waals surface area contributed by atoms with Crippen molar-refractivity contribution in [3.63, 3.8) is 0 Å². The van der Waals surface area contributed by atoms with Gasteiger partial charge in [0.15, 0.2) is 0 Å². The van der Waals surface area contributed by atoms with Crippen LogP contribution in [0.5, 0.6) is 0 Å². The van der Waals surface area contributed by atoms with E-state index < -0.39 is 10.0 Å². The van der Waals surface area contributed by atoms with Gasteiger partial charge in [-0.25, -0.2) is 12.4 Å². The number of ether oxygens (including phenoxy) is 2. The van der Waals surface area contributed by atoms with Crippen molar-refractivity contribution < 1.29 is 22.7 Å². The van der Waals surface area contributed by atoms with Gasteiger partial charge in [-0.3, -0.25) is 9.79 Å².